The van der Waals surface area contributed by atoms with Crippen molar-refractivity contribution < 1.29 is 13.9 Å². The maximum absolute atomic E-state index is 12.9. The molecule has 0 saturated carbocycles. The third-order valence-electron chi connectivity index (χ3n) is 3.35. The average Bonchev–Trinajstić information content (AvgIpc) is 2.64. The summed E-state index contributed by atoms with van der Waals surface area (Å²) in [5, 5.41) is 4.14. The first-order valence-corrected chi connectivity index (χ1v) is 7.63. The quantitative estimate of drug-likeness (QED) is 0.324. The van der Waals surface area contributed by atoms with Crippen LogP contribution in [0.15, 0.2) is 84.0 Å². The van der Waals surface area contributed by atoms with Crippen LogP contribution in [0.2, 0.25) is 0 Å². The molecule has 0 heterocycles. The van der Waals surface area contributed by atoms with Gasteiger partial charge in [0.2, 0.25) is 0 Å². The van der Waals surface area contributed by atoms with Gasteiger partial charge in [0.1, 0.15) is 11.6 Å². The van der Waals surface area contributed by atoms with E-state index in [0.717, 1.165) is 11.3 Å². The summed E-state index contributed by atoms with van der Waals surface area (Å²) in [5.74, 6) is -0.529. The minimum absolute atomic E-state index is 0.291. The Hall–Kier alpha value is -3.47. The molecule has 0 aromatic heterocycles. The number of benzene rings is 3. The number of rotatable bonds is 5. The number of carbonyl (C=O) groups is 1. The Morgan fingerprint density at radius 1 is 0.920 bits per heavy atom. The molecule has 0 aliphatic carbocycles. The van der Waals surface area contributed by atoms with Gasteiger partial charge in [-0.1, -0.05) is 18.2 Å². The molecule has 0 amide bonds. The van der Waals surface area contributed by atoms with Crippen LogP contribution in [-0.2, 0) is 0 Å². The smallest absolute Gasteiger partial charge is 0.343 e. The summed E-state index contributed by atoms with van der Waals surface area (Å²) in [6.07, 6.45) is 1.67. The predicted molar refractivity (Wildman–Crippen MR) is 95.5 cm³/mol. The first-order chi connectivity index (χ1) is 12.2. The molecule has 0 spiro atoms. The van der Waals surface area contributed by atoms with Gasteiger partial charge in [0.25, 0.3) is 0 Å². The van der Waals surface area contributed by atoms with Gasteiger partial charge < -0.3 is 4.74 Å². The number of nitrogens with zero attached hydrogens (tertiary/aromatic N) is 1. The molecule has 5 heteroatoms. The molecule has 0 saturated heterocycles. The average molecular weight is 334 g/mol. The maximum Gasteiger partial charge on any atom is 0.343 e. The van der Waals surface area contributed by atoms with Crippen molar-refractivity contribution >= 4 is 17.9 Å². The summed E-state index contributed by atoms with van der Waals surface area (Å²) >= 11 is 0. The fourth-order valence-electron chi connectivity index (χ4n) is 2.07. The monoisotopic (exact) mass is 334 g/mol. The standard InChI is InChI=1S/C20H15FN2O2/c21-17-10-8-16(9-11-17)20(24)25-19-12-6-15(7-13-19)14-22-23-18-4-2-1-3-5-18/h1-14,23H/b22-14+. The lowest BCUT2D eigenvalue weighted by atomic mass is 10.2. The first-order valence-electron chi connectivity index (χ1n) is 7.63. The molecule has 0 aliphatic heterocycles. The van der Waals surface area contributed by atoms with E-state index in [1.807, 2.05) is 30.3 Å². The highest BCUT2D eigenvalue weighted by Crippen LogP contribution is 2.14. The lowest BCUT2D eigenvalue weighted by molar-refractivity contribution is 0.0734. The van der Waals surface area contributed by atoms with E-state index in [1.165, 1.54) is 24.3 Å². The molecular formula is C20H15FN2O2. The van der Waals surface area contributed by atoms with Crippen molar-refractivity contribution in [3.8, 4) is 5.75 Å². The van der Waals surface area contributed by atoms with Crippen LogP contribution in [0.4, 0.5) is 10.1 Å². The van der Waals surface area contributed by atoms with Gasteiger partial charge in [0, 0.05) is 0 Å². The topological polar surface area (TPSA) is 50.7 Å². The second-order valence-electron chi connectivity index (χ2n) is 5.20. The number of para-hydroxylation sites is 1. The zero-order valence-electron chi connectivity index (χ0n) is 13.2. The van der Waals surface area contributed by atoms with Crippen LogP contribution in [0.25, 0.3) is 0 Å². The number of hydrogen-bond acceptors (Lipinski definition) is 4. The van der Waals surface area contributed by atoms with Crippen molar-refractivity contribution in [3.63, 3.8) is 0 Å². The van der Waals surface area contributed by atoms with Gasteiger partial charge in [-0.05, 0) is 66.2 Å². The van der Waals surface area contributed by atoms with Crippen LogP contribution in [0, 0.1) is 5.82 Å². The van der Waals surface area contributed by atoms with Gasteiger partial charge in [0.15, 0.2) is 0 Å². The number of esters is 1. The van der Waals surface area contributed by atoms with E-state index in [4.69, 9.17) is 4.74 Å². The fraction of sp³-hybridized carbons (Fsp3) is 0. The van der Waals surface area contributed by atoms with Gasteiger partial charge in [-0.2, -0.15) is 5.10 Å². The maximum atomic E-state index is 12.9. The number of hydrazone groups is 1. The highest BCUT2D eigenvalue weighted by atomic mass is 19.1. The molecule has 0 radical (unpaired) electrons. The van der Waals surface area contributed by atoms with Gasteiger partial charge in [0.05, 0.1) is 17.5 Å². The SMILES string of the molecule is O=C(Oc1ccc(/C=N/Nc2ccccc2)cc1)c1ccc(F)cc1. The Morgan fingerprint density at radius 2 is 1.60 bits per heavy atom. The van der Waals surface area contributed by atoms with E-state index in [9.17, 15) is 9.18 Å². The predicted octanol–water partition coefficient (Wildman–Crippen LogP) is 4.49. The third-order valence-corrected chi connectivity index (χ3v) is 3.35. The number of anilines is 1. The van der Waals surface area contributed by atoms with Crippen LogP contribution in [0.3, 0.4) is 0 Å². The minimum atomic E-state index is -0.535. The van der Waals surface area contributed by atoms with Crippen LogP contribution in [0.1, 0.15) is 15.9 Å². The van der Waals surface area contributed by atoms with Crippen molar-refractivity contribution in [2.24, 2.45) is 5.10 Å². The van der Waals surface area contributed by atoms with Gasteiger partial charge in [-0.25, -0.2) is 9.18 Å². The van der Waals surface area contributed by atoms with Crippen molar-refractivity contribution in [2.45, 2.75) is 0 Å². The van der Waals surface area contributed by atoms with E-state index >= 15 is 0 Å². The van der Waals surface area contributed by atoms with Crippen molar-refractivity contribution in [2.75, 3.05) is 5.43 Å². The highest BCUT2D eigenvalue weighted by Gasteiger charge is 2.08. The number of carbonyl (C=O) groups excluding carboxylic acids is 1. The summed E-state index contributed by atoms with van der Waals surface area (Å²) in [7, 11) is 0. The molecule has 3 rings (SSSR count). The minimum Gasteiger partial charge on any atom is -0.423 e. The lowest BCUT2D eigenvalue weighted by Crippen LogP contribution is -2.08. The zero-order valence-corrected chi connectivity index (χ0v) is 13.2. The van der Waals surface area contributed by atoms with Gasteiger partial charge >= 0.3 is 5.97 Å². The molecule has 0 bridgehead atoms. The zero-order chi connectivity index (χ0) is 17.5. The van der Waals surface area contributed by atoms with E-state index in [1.54, 1.807) is 30.5 Å². The molecule has 3 aromatic carbocycles. The molecule has 4 nitrogen and oxygen atoms in total. The lowest BCUT2D eigenvalue weighted by Gasteiger charge is -2.04. The summed E-state index contributed by atoms with van der Waals surface area (Å²) in [6.45, 7) is 0. The van der Waals surface area contributed by atoms with E-state index in [2.05, 4.69) is 10.5 Å². The normalized spacial score (nSPS) is 10.6. The van der Waals surface area contributed by atoms with Gasteiger partial charge in [-0.15, -0.1) is 0 Å². The van der Waals surface area contributed by atoms with Crippen LogP contribution in [-0.4, -0.2) is 12.2 Å². The summed E-state index contributed by atoms with van der Waals surface area (Å²) in [4.78, 5) is 12.0. The van der Waals surface area contributed by atoms with Crippen molar-refractivity contribution in [1.82, 2.24) is 0 Å². The van der Waals surface area contributed by atoms with Crippen LogP contribution >= 0.6 is 0 Å². The Bertz CT molecular complexity index is 860. The van der Waals surface area contributed by atoms with E-state index in [0.29, 0.717) is 11.3 Å². The van der Waals surface area contributed by atoms with Gasteiger partial charge in [-0.3, -0.25) is 5.43 Å². The van der Waals surface area contributed by atoms with Crippen molar-refractivity contribution in [3.05, 3.63) is 95.8 Å². The largest absolute Gasteiger partial charge is 0.423 e. The summed E-state index contributed by atoms with van der Waals surface area (Å²) in [6, 6.07) is 21.7. The third kappa shape index (κ3) is 4.75. The number of halogens is 1. The molecule has 124 valence electrons. The van der Waals surface area contributed by atoms with Crippen LogP contribution in [0.5, 0.6) is 5.75 Å². The number of nitrogens with one attached hydrogen (secondary N) is 1. The molecule has 0 aliphatic rings. The Balaban J connectivity index is 1.58. The Morgan fingerprint density at radius 3 is 2.28 bits per heavy atom. The fourth-order valence-corrected chi connectivity index (χ4v) is 2.07. The molecular weight excluding hydrogens is 319 g/mol. The molecule has 0 fully saturated rings. The molecule has 0 atom stereocenters. The molecule has 1 N–H and O–H groups in total. The molecule has 3 aromatic rings. The molecule has 25 heavy (non-hydrogen) atoms. The number of hydrogen-bond donors (Lipinski definition) is 1. The second-order valence-corrected chi connectivity index (χ2v) is 5.20. The Kier molecular flexibility index (Phi) is 5.16. The van der Waals surface area contributed by atoms with E-state index in [-0.39, 0.29) is 0 Å². The number of ether oxygens (including phenoxy) is 1. The molecule has 0 unspecified atom stereocenters. The highest BCUT2D eigenvalue weighted by molar-refractivity contribution is 5.91. The Labute approximate surface area is 144 Å². The van der Waals surface area contributed by atoms with E-state index < -0.39 is 11.8 Å². The summed E-state index contributed by atoms with van der Waals surface area (Å²) < 4.78 is 18.1. The summed E-state index contributed by atoms with van der Waals surface area (Å²) in [5.41, 5.74) is 4.95. The van der Waals surface area contributed by atoms with Crippen LogP contribution < -0.4 is 10.2 Å². The van der Waals surface area contributed by atoms with Crippen molar-refractivity contribution in [1.29, 1.82) is 0 Å². The first kappa shape index (κ1) is 16.4. The second kappa shape index (κ2) is 7.88.